The van der Waals surface area contributed by atoms with Crippen LogP contribution in [0.5, 0.6) is 0 Å². The van der Waals surface area contributed by atoms with Crippen molar-refractivity contribution in [1.82, 2.24) is 0 Å². The molecule has 0 saturated carbocycles. The van der Waals surface area contributed by atoms with Crippen LogP contribution in [0.25, 0.3) is 0 Å². The molecule has 272 valence electrons. The van der Waals surface area contributed by atoms with Gasteiger partial charge in [-0.1, -0.05) is 135 Å². The summed E-state index contributed by atoms with van der Waals surface area (Å²) in [6.45, 7) is 5.91. The number of carbonyl (C=O) groups excluding carboxylic acids is 1. The molecule has 0 aliphatic heterocycles. The second-order valence-corrected chi connectivity index (χ2v) is 14.2. The molecule has 0 spiro atoms. The predicted molar refractivity (Wildman–Crippen MR) is 189 cm³/mol. The van der Waals surface area contributed by atoms with Gasteiger partial charge in [0.15, 0.2) is 0 Å². The maximum Gasteiger partial charge on any atom is 0.303 e. The van der Waals surface area contributed by atoms with E-state index in [1.165, 1.54) is 135 Å². The molecular weight excluding hydrogens is 578 g/mol. The van der Waals surface area contributed by atoms with E-state index in [9.17, 15) is 19.5 Å². The van der Waals surface area contributed by atoms with Crippen LogP contribution in [0.1, 0.15) is 206 Å². The van der Waals surface area contributed by atoms with Crippen molar-refractivity contribution in [2.45, 2.75) is 206 Å². The first kappa shape index (κ1) is 44.4. The Morgan fingerprint density at radius 1 is 0.391 bits per heavy atom. The normalized spacial score (nSPS) is 11.7. The average Bonchev–Trinajstić information content (AvgIpc) is 3.02. The number of nitrogens with zero attached hydrogens (tertiary/aromatic N) is 1. The fourth-order valence-corrected chi connectivity index (χ4v) is 6.89. The van der Waals surface area contributed by atoms with Crippen LogP contribution >= 0.6 is 0 Å². The van der Waals surface area contributed by atoms with Crippen LogP contribution in [0.3, 0.4) is 0 Å². The zero-order valence-electron chi connectivity index (χ0n) is 30.2. The predicted octanol–water partition coefficient (Wildman–Crippen LogP) is 9.84. The highest BCUT2D eigenvalue weighted by Crippen LogP contribution is 2.20. The first-order chi connectivity index (χ1) is 22.3. The summed E-state index contributed by atoms with van der Waals surface area (Å²) in [6, 6.07) is 0. The molecule has 0 saturated heterocycles. The van der Waals surface area contributed by atoms with Crippen LogP contribution in [0.2, 0.25) is 0 Å². The summed E-state index contributed by atoms with van der Waals surface area (Å²) in [5.41, 5.74) is 0. The van der Waals surface area contributed by atoms with Crippen molar-refractivity contribution < 1.29 is 34.2 Å². The number of hydrogen-bond donors (Lipinski definition) is 2. The Labute approximate surface area is 283 Å². The molecule has 0 aliphatic carbocycles. The smallest absolute Gasteiger partial charge is 0.303 e. The van der Waals surface area contributed by atoms with Crippen LogP contribution in [0.15, 0.2) is 0 Å². The van der Waals surface area contributed by atoms with Gasteiger partial charge in [-0.2, -0.15) is 0 Å². The average molecular weight is 654 g/mol. The van der Waals surface area contributed by atoms with Crippen molar-refractivity contribution in [1.29, 1.82) is 0 Å². The lowest BCUT2D eigenvalue weighted by atomic mass is 10.0. The van der Waals surface area contributed by atoms with E-state index in [0.29, 0.717) is 19.3 Å². The van der Waals surface area contributed by atoms with Crippen molar-refractivity contribution >= 4 is 17.9 Å². The first-order valence-corrected chi connectivity index (χ1v) is 19.8. The SMILES string of the molecule is CCCCCCCCCCCCCCCCCCCCCCCC[N+](CCCCC(=O)[O-])(CCCCC(=O)O)CCCCC(=O)O. The quantitative estimate of drug-likeness (QED) is 0.0506. The Morgan fingerprint density at radius 2 is 0.630 bits per heavy atom. The number of carbonyl (C=O) groups is 3. The van der Waals surface area contributed by atoms with Gasteiger partial charge in [0.05, 0.1) is 26.2 Å². The Bertz CT molecular complexity index is 658. The number of quaternary nitrogens is 1. The molecule has 0 radical (unpaired) electrons. The molecule has 0 aromatic rings. The molecule has 0 rings (SSSR count). The van der Waals surface area contributed by atoms with Gasteiger partial charge in [0.2, 0.25) is 0 Å². The molecule has 0 aromatic heterocycles. The molecule has 0 heterocycles. The summed E-state index contributed by atoms with van der Waals surface area (Å²) in [4.78, 5) is 33.0. The van der Waals surface area contributed by atoms with Gasteiger partial charge in [-0.15, -0.1) is 0 Å². The van der Waals surface area contributed by atoms with Gasteiger partial charge in [0.25, 0.3) is 0 Å². The third kappa shape index (κ3) is 32.3. The van der Waals surface area contributed by atoms with Gasteiger partial charge in [0.1, 0.15) is 0 Å². The molecule has 7 nitrogen and oxygen atoms in total. The monoisotopic (exact) mass is 654 g/mol. The number of unbranched alkanes of at least 4 members (excludes halogenated alkanes) is 24. The molecule has 0 atom stereocenters. The van der Waals surface area contributed by atoms with E-state index in [2.05, 4.69) is 6.92 Å². The lowest BCUT2D eigenvalue weighted by Gasteiger charge is -2.39. The van der Waals surface area contributed by atoms with Gasteiger partial charge < -0.3 is 24.6 Å². The van der Waals surface area contributed by atoms with E-state index in [1.807, 2.05) is 0 Å². The molecule has 0 aliphatic rings. The minimum atomic E-state index is -1.01. The van der Waals surface area contributed by atoms with Crippen LogP contribution in [-0.4, -0.2) is 58.8 Å². The Morgan fingerprint density at radius 3 is 0.891 bits per heavy atom. The summed E-state index contributed by atoms with van der Waals surface area (Å²) in [6.07, 6.45) is 34.7. The summed E-state index contributed by atoms with van der Waals surface area (Å²) in [7, 11) is 0. The maximum atomic E-state index is 11.0. The molecule has 46 heavy (non-hydrogen) atoms. The zero-order valence-corrected chi connectivity index (χ0v) is 30.2. The van der Waals surface area contributed by atoms with Crippen LogP contribution < -0.4 is 5.11 Å². The van der Waals surface area contributed by atoms with Gasteiger partial charge in [-0.05, 0) is 57.8 Å². The second kappa shape index (κ2) is 33.3. The molecular formula is C39H75NO6. The van der Waals surface area contributed by atoms with E-state index >= 15 is 0 Å². The van der Waals surface area contributed by atoms with Crippen molar-refractivity contribution in [2.75, 3.05) is 26.2 Å². The molecule has 2 N–H and O–H groups in total. The second-order valence-electron chi connectivity index (χ2n) is 14.2. The minimum absolute atomic E-state index is 0.0669. The van der Waals surface area contributed by atoms with Crippen molar-refractivity contribution in [2.24, 2.45) is 0 Å². The van der Waals surface area contributed by atoms with E-state index in [0.717, 1.165) is 56.3 Å². The molecule has 0 bridgehead atoms. The highest BCUT2D eigenvalue weighted by molar-refractivity contribution is 5.66. The largest absolute Gasteiger partial charge is 0.550 e. The Kier molecular flexibility index (Phi) is 32.1. The number of aliphatic carboxylic acids is 3. The molecule has 7 heteroatoms. The van der Waals surface area contributed by atoms with Gasteiger partial charge in [-0.25, -0.2) is 0 Å². The summed E-state index contributed by atoms with van der Waals surface area (Å²) >= 11 is 0. The third-order valence-corrected chi connectivity index (χ3v) is 9.80. The maximum absolute atomic E-state index is 11.0. The third-order valence-electron chi connectivity index (χ3n) is 9.80. The highest BCUT2D eigenvalue weighted by atomic mass is 16.4. The molecule has 0 amide bonds. The first-order valence-electron chi connectivity index (χ1n) is 19.8. The lowest BCUT2D eigenvalue weighted by Crippen LogP contribution is -2.51. The number of carboxylic acids is 3. The van der Waals surface area contributed by atoms with E-state index in [1.54, 1.807) is 0 Å². The topological polar surface area (TPSA) is 115 Å². The Hall–Kier alpha value is -1.63. The van der Waals surface area contributed by atoms with Crippen LogP contribution in [0.4, 0.5) is 0 Å². The van der Waals surface area contributed by atoms with Crippen molar-refractivity contribution in [3.8, 4) is 0 Å². The van der Waals surface area contributed by atoms with E-state index in [-0.39, 0.29) is 19.3 Å². The fourth-order valence-electron chi connectivity index (χ4n) is 6.89. The van der Waals surface area contributed by atoms with Gasteiger partial charge >= 0.3 is 11.9 Å². The summed E-state index contributed by atoms with van der Waals surface area (Å²) < 4.78 is 0.853. The zero-order chi connectivity index (χ0) is 34.0. The van der Waals surface area contributed by atoms with Crippen molar-refractivity contribution in [3.63, 3.8) is 0 Å². The standard InChI is InChI=1S/C39H75NO6/c1-2-3-4-5-6-7-8-9-10-11-12-13-14-15-16-17-18-19-20-21-22-26-33-40(34-27-23-30-37(41)42,35-28-24-31-38(43)44)36-29-25-32-39(45)46/h2-36H2,1H3,(H2-,41,42,43,44,45,46). The summed E-state index contributed by atoms with van der Waals surface area (Å²) in [5, 5.41) is 29.1. The molecule has 0 aromatic carbocycles. The van der Waals surface area contributed by atoms with Gasteiger partial charge in [-0.3, -0.25) is 9.59 Å². The number of carboxylic acid groups (broad SMARTS) is 3. The lowest BCUT2D eigenvalue weighted by molar-refractivity contribution is -0.929. The molecule has 0 fully saturated rings. The Balaban J connectivity index is 4.11. The van der Waals surface area contributed by atoms with Crippen molar-refractivity contribution in [3.05, 3.63) is 0 Å². The number of hydrogen-bond acceptors (Lipinski definition) is 4. The molecule has 0 unspecified atom stereocenters. The van der Waals surface area contributed by atoms with Crippen LogP contribution in [-0.2, 0) is 14.4 Å². The highest BCUT2D eigenvalue weighted by Gasteiger charge is 2.26. The summed E-state index contributed by atoms with van der Waals surface area (Å²) in [5.74, 6) is -2.55. The van der Waals surface area contributed by atoms with Crippen LogP contribution in [0, 0.1) is 0 Å². The minimum Gasteiger partial charge on any atom is -0.550 e. The number of rotatable bonds is 38. The van der Waals surface area contributed by atoms with E-state index in [4.69, 9.17) is 10.2 Å². The fraction of sp³-hybridized carbons (Fsp3) is 0.923. The van der Waals surface area contributed by atoms with E-state index < -0.39 is 17.9 Å². The van der Waals surface area contributed by atoms with Gasteiger partial charge in [0, 0.05) is 18.8 Å².